The number of aromatic nitrogens is 6. The van der Waals surface area contributed by atoms with Crippen molar-refractivity contribution in [3.8, 4) is 6.07 Å². The Hall–Kier alpha value is -3.81. The normalized spacial score (nSPS) is 24.6. The molecule has 3 aromatic heterocycles. The first kappa shape index (κ1) is 27.4. The van der Waals surface area contributed by atoms with E-state index in [2.05, 4.69) is 61.6 Å². The van der Waals surface area contributed by atoms with E-state index < -0.39 is 0 Å². The van der Waals surface area contributed by atoms with Gasteiger partial charge in [-0.3, -0.25) is 14.8 Å². The number of likely N-dealkylation sites (tertiary alicyclic amines) is 1. The van der Waals surface area contributed by atoms with Crippen LogP contribution in [0.3, 0.4) is 0 Å². The van der Waals surface area contributed by atoms with E-state index in [0.29, 0.717) is 47.6 Å². The van der Waals surface area contributed by atoms with Crippen molar-refractivity contribution in [2.45, 2.75) is 51.5 Å². The van der Waals surface area contributed by atoms with Gasteiger partial charge in [-0.25, -0.2) is 4.98 Å². The van der Waals surface area contributed by atoms with Gasteiger partial charge in [-0.2, -0.15) is 10.4 Å². The predicted octanol–water partition coefficient (Wildman–Crippen LogP) is 5.08. The van der Waals surface area contributed by atoms with Gasteiger partial charge in [0.1, 0.15) is 23.4 Å². The molecule has 1 aliphatic carbocycles. The minimum Gasteiger partial charge on any atom is -0.321 e. The third kappa shape index (κ3) is 5.20. The molecule has 41 heavy (non-hydrogen) atoms. The lowest BCUT2D eigenvalue weighted by Crippen LogP contribution is -2.44. The zero-order valence-electron chi connectivity index (χ0n) is 23.6. The second-order valence-corrected chi connectivity index (χ2v) is 12.4. The summed E-state index contributed by atoms with van der Waals surface area (Å²) in [5, 5.41) is 28.2. The molecule has 4 heterocycles. The molecule has 1 aliphatic heterocycles. The second kappa shape index (κ2) is 10.9. The molecular weight excluding hydrogens is 538 g/mol. The number of hydrogen-bond donors (Lipinski definition) is 2. The van der Waals surface area contributed by atoms with Crippen LogP contribution in [0, 0.1) is 29.1 Å². The highest BCUT2D eigenvalue weighted by molar-refractivity contribution is 6.33. The van der Waals surface area contributed by atoms with Gasteiger partial charge in [0.25, 0.3) is 5.91 Å². The average Bonchev–Trinajstić information content (AvgIpc) is 3.51. The number of fused-ring (bicyclic) bond motifs is 1. The first-order chi connectivity index (χ1) is 19.8. The zero-order chi connectivity index (χ0) is 28.7. The summed E-state index contributed by atoms with van der Waals surface area (Å²) < 4.78 is 1.94. The van der Waals surface area contributed by atoms with Crippen LogP contribution in [0.2, 0.25) is 5.15 Å². The third-order valence-electron chi connectivity index (χ3n) is 8.60. The SMILES string of the molecule is C[C@@H]1C[C@H](C)CN(Cc2cc(C(=O)Nc3cccc(C4(c5nncn5C)CC(CC#N)C4)c3)nc3c(Cl)n[nH]c23)C1. The smallest absolute Gasteiger partial charge is 0.274 e. The van der Waals surface area contributed by atoms with Gasteiger partial charge in [0, 0.05) is 38.8 Å². The molecule has 0 unspecified atom stereocenters. The molecule has 1 amide bonds. The van der Waals surface area contributed by atoms with Gasteiger partial charge >= 0.3 is 0 Å². The number of amides is 1. The van der Waals surface area contributed by atoms with Gasteiger partial charge < -0.3 is 9.88 Å². The summed E-state index contributed by atoms with van der Waals surface area (Å²) in [5.41, 5.74) is 3.86. The number of carbonyl (C=O) groups is 1. The van der Waals surface area contributed by atoms with Gasteiger partial charge in [-0.05, 0) is 66.3 Å². The molecule has 2 aliphatic rings. The summed E-state index contributed by atoms with van der Waals surface area (Å²) in [6.45, 7) is 7.27. The topological polar surface area (TPSA) is 128 Å². The number of halogens is 1. The summed E-state index contributed by atoms with van der Waals surface area (Å²) >= 11 is 6.38. The number of pyridine rings is 1. The first-order valence-corrected chi connectivity index (χ1v) is 14.5. The van der Waals surface area contributed by atoms with E-state index in [0.717, 1.165) is 48.4 Å². The van der Waals surface area contributed by atoms with Crippen molar-refractivity contribution in [3.05, 3.63) is 64.5 Å². The molecule has 2 N–H and O–H groups in total. The molecule has 2 fully saturated rings. The Morgan fingerprint density at radius 1 is 1.24 bits per heavy atom. The van der Waals surface area contributed by atoms with E-state index in [1.807, 2.05) is 35.9 Å². The summed E-state index contributed by atoms with van der Waals surface area (Å²) in [4.78, 5) is 20.6. The second-order valence-electron chi connectivity index (χ2n) is 12.1. The van der Waals surface area contributed by atoms with Crippen LogP contribution in [0.4, 0.5) is 5.69 Å². The van der Waals surface area contributed by atoms with E-state index >= 15 is 0 Å². The number of aryl methyl sites for hydroxylation is 1. The minimum absolute atomic E-state index is 0.251. The molecule has 1 saturated heterocycles. The van der Waals surface area contributed by atoms with Crippen molar-refractivity contribution in [3.63, 3.8) is 0 Å². The Morgan fingerprint density at radius 2 is 2.02 bits per heavy atom. The quantitative estimate of drug-likeness (QED) is 0.316. The predicted molar refractivity (Wildman–Crippen MR) is 156 cm³/mol. The van der Waals surface area contributed by atoms with Crippen LogP contribution in [-0.2, 0) is 19.0 Å². The number of carbonyl (C=O) groups excluding carboxylic acids is 1. The Morgan fingerprint density at radius 3 is 2.73 bits per heavy atom. The number of benzene rings is 1. The maximum atomic E-state index is 13.6. The Balaban J connectivity index is 1.28. The fraction of sp³-hybridized carbons (Fsp3) is 0.467. The van der Waals surface area contributed by atoms with E-state index in [9.17, 15) is 10.1 Å². The molecule has 4 aromatic rings. The Kier molecular flexibility index (Phi) is 7.26. The number of H-pyrrole nitrogens is 1. The van der Waals surface area contributed by atoms with Crippen molar-refractivity contribution >= 4 is 34.2 Å². The van der Waals surface area contributed by atoms with Gasteiger partial charge in [0.2, 0.25) is 0 Å². The standard InChI is InChI=1S/C30H34ClN9O/c1-18-9-19(2)15-40(14-18)16-21-10-24(35-26-25(21)36-37-27(26)31)28(41)34-23-6-4-5-22(11-23)30(12-20(13-30)7-8-32)29-38-33-17-39(29)3/h4-6,10-11,17-20H,7,9,12-16H2,1-3H3,(H,34,41)(H,36,37)/t18-,19+,20?,30?. The lowest BCUT2D eigenvalue weighted by Gasteiger charge is -2.46. The van der Waals surface area contributed by atoms with Crippen molar-refractivity contribution < 1.29 is 4.79 Å². The number of nitrogens with zero attached hydrogens (tertiary/aromatic N) is 7. The van der Waals surface area contributed by atoms with Gasteiger partial charge in [0.05, 0.1) is 17.0 Å². The maximum absolute atomic E-state index is 13.6. The van der Waals surface area contributed by atoms with Crippen molar-refractivity contribution in [2.75, 3.05) is 18.4 Å². The number of nitriles is 1. The maximum Gasteiger partial charge on any atom is 0.274 e. The summed E-state index contributed by atoms with van der Waals surface area (Å²) in [6.07, 6.45) is 5.05. The molecule has 0 bridgehead atoms. The van der Waals surface area contributed by atoms with E-state index in [1.165, 1.54) is 6.42 Å². The van der Waals surface area contributed by atoms with E-state index in [1.54, 1.807) is 6.33 Å². The van der Waals surface area contributed by atoms with Gasteiger partial charge in [-0.1, -0.05) is 37.6 Å². The molecule has 6 rings (SSSR count). The summed E-state index contributed by atoms with van der Waals surface area (Å²) in [6, 6.07) is 12.0. The largest absolute Gasteiger partial charge is 0.321 e. The highest BCUT2D eigenvalue weighted by Crippen LogP contribution is 2.53. The Labute approximate surface area is 244 Å². The van der Waals surface area contributed by atoms with Crippen LogP contribution in [0.15, 0.2) is 36.7 Å². The molecule has 1 saturated carbocycles. The van der Waals surface area contributed by atoms with Crippen LogP contribution < -0.4 is 5.32 Å². The monoisotopic (exact) mass is 571 g/mol. The van der Waals surface area contributed by atoms with Crippen LogP contribution in [0.1, 0.15) is 67.0 Å². The van der Waals surface area contributed by atoms with Crippen LogP contribution >= 0.6 is 11.6 Å². The third-order valence-corrected chi connectivity index (χ3v) is 8.86. The van der Waals surface area contributed by atoms with Gasteiger partial charge in [0.15, 0.2) is 5.15 Å². The number of piperidine rings is 1. The average molecular weight is 572 g/mol. The van der Waals surface area contributed by atoms with E-state index in [4.69, 9.17) is 11.6 Å². The number of anilines is 1. The minimum atomic E-state index is -0.356. The first-order valence-electron chi connectivity index (χ1n) is 14.1. The van der Waals surface area contributed by atoms with Gasteiger partial charge in [-0.15, -0.1) is 10.2 Å². The molecule has 212 valence electrons. The molecule has 11 heteroatoms. The molecular formula is C30H34ClN9O. The van der Waals surface area contributed by atoms with Crippen LogP contribution in [0.5, 0.6) is 0 Å². The number of rotatable bonds is 7. The lowest BCUT2D eigenvalue weighted by molar-refractivity contribution is 0.102. The number of nitrogens with one attached hydrogen (secondary N) is 2. The number of hydrogen-bond acceptors (Lipinski definition) is 7. The molecule has 2 atom stereocenters. The molecule has 0 spiro atoms. The fourth-order valence-corrected chi connectivity index (χ4v) is 7.16. The number of aromatic amines is 1. The summed E-state index contributed by atoms with van der Waals surface area (Å²) in [5.74, 6) is 2.09. The zero-order valence-corrected chi connectivity index (χ0v) is 24.3. The van der Waals surface area contributed by atoms with Crippen molar-refractivity contribution in [1.82, 2.24) is 34.8 Å². The lowest BCUT2D eigenvalue weighted by atomic mass is 9.57. The highest BCUT2D eigenvalue weighted by atomic mass is 35.5. The Bertz CT molecular complexity index is 1620. The molecule has 0 radical (unpaired) electrons. The summed E-state index contributed by atoms with van der Waals surface area (Å²) in [7, 11) is 1.94. The van der Waals surface area contributed by atoms with Crippen LogP contribution in [0.25, 0.3) is 11.0 Å². The molecule has 10 nitrogen and oxygen atoms in total. The highest BCUT2D eigenvalue weighted by Gasteiger charge is 2.49. The fourth-order valence-electron chi connectivity index (χ4n) is 6.99. The van der Waals surface area contributed by atoms with Crippen LogP contribution in [-0.4, -0.2) is 53.8 Å². The van der Waals surface area contributed by atoms with Crippen molar-refractivity contribution in [2.24, 2.45) is 24.8 Å². The molecule has 1 aromatic carbocycles. The van der Waals surface area contributed by atoms with E-state index in [-0.39, 0.29) is 16.5 Å². The van der Waals surface area contributed by atoms with Crippen molar-refractivity contribution in [1.29, 1.82) is 5.26 Å².